The molecule has 0 aliphatic rings. The minimum Gasteiger partial charge on any atom is -0.317 e. The van der Waals surface area contributed by atoms with Crippen LogP contribution in [-0.2, 0) is 0 Å². The van der Waals surface area contributed by atoms with E-state index >= 15 is 0 Å². The fourth-order valence-corrected chi connectivity index (χ4v) is 1.24. The van der Waals surface area contributed by atoms with Gasteiger partial charge in [0.15, 0.2) is 0 Å². The zero-order chi connectivity index (χ0) is 11.7. The van der Waals surface area contributed by atoms with Crippen molar-refractivity contribution in [2.24, 2.45) is 0 Å². The number of rotatable bonds is 8. The number of alkyl halides is 3. The molecule has 0 radical (unpaired) electrons. The van der Waals surface area contributed by atoms with E-state index in [-0.39, 0.29) is 6.54 Å². The summed E-state index contributed by atoms with van der Waals surface area (Å²) in [7, 11) is 1.74. The maximum absolute atomic E-state index is 11.9. The Hall–Kier alpha value is -0.290. The van der Waals surface area contributed by atoms with Gasteiger partial charge in [-0.25, -0.2) is 0 Å². The van der Waals surface area contributed by atoms with E-state index in [4.69, 9.17) is 0 Å². The van der Waals surface area contributed by atoms with Crippen molar-refractivity contribution in [1.29, 1.82) is 0 Å². The van der Waals surface area contributed by atoms with Gasteiger partial charge < -0.3 is 10.2 Å². The highest BCUT2D eigenvalue weighted by atomic mass is 19.4. The van der Waals surface area contributed by atoms with Gasteiger partial charge in [-0.1, -0.05) is 6.92 Å². The Balaban J connectivity index is 3.30. The SMILES string of the molecule is CCNCCCCN(C)CCC(F)(F)F. The predicted molar refractivity (Wildman–Crippen MR) is 55.9 cm³/mol. The highest BCUT2D eigenvalue weighted by Crippen LogP contribution is 2.19. The summed E-state index contributed by atoms with van der Waals surface area (Å²) in [6.07, 6.45) is -2.78. The van der Waals surface area contributed by atoms with Crippen LogP contribution in [0.25, 0.3) is 0 Å². The monoisotopic (exact) mass is 226 g/mol. The molecule has 0 heterocycles. The van der Waals surface area contributed by atoms with Crippen molar-refractivity contribution in [3.05, 3.63) is 0 Å². The van der Waals surface area contributed by atoms with E-state index in [0.717, 1.165) is 32.5 Å². The highest BCUT2D eigenvalue weighted by molar-refractivity contribution is 4.57. The summed E-state index contributed by atoms with van der Waals surface area (Å²) in [5.41, 5.74) is 0. The minimum absolute atomic E-state index is 0.102. The van der Waals surface area contributed by atoms with Gasteiger partial charge in [0.2, 0.25) is 0 Å². The molecule has 0 aromatic heterocycles. The van der Waals surface area contributed by atoms with Crippen molar-refractivity contribution in [3.8, 4) is 0 Å². The topological polar surface area (TPSA) is 15.3 Å². The van der Waals surface area contributed by atoms with Crippen molar-refractivity contribution in [3.63, 3.8) is 0 Å². The van der Waals surface area contributed by atoms with Gasteiger partial charge in [-0.15, -0.1) is 0 Å². The minimum atomic E-state index is -4.03. The Morgan fingerprint density at radius 3 is 2.33 bits per heavy atom. The summed E-state index contributed by atoms with van der Waals surface area (Å²) >= 11 is 0. The fourth-order valence-electron chi connectivity index (χ4n) is 1.24. The number of nitrogens with one attached hydrogen (secondary N) is 1. The summed E-state index contributed by atoms with van der Waals surface area (Å²) in [4.78, 5) is 1.74. The van der Waals surface area contributed by atoms with Gasteiger partial charge in [-0.05, 0) is 39.5 Å². The van der Waals surface area contributed by atoms with Crippen LogP contribution in [0.15, 0.2) is 0 Å². The average molecular weight is 226 g/mol. The second-order valence-corrected chi connectivity index (χ2v) is 3.73. The van der Waals surface area contributed by atoms with E-state index in [1.165, 1.54) is 0 Å². The van der Waals surface area contributed by atoms with Gasteiger partial charge in [-0.3, -0.25) is 0 Å². The van der Waals surface area contributed by atoms with Crippen LogP contribution < -0.4 is 5.32 Å². The molecule has 5 heteroatoms. The maximum atomic E-state index is 11.9. The Labute approximate surface area is 89.8 Å². The molecule has 15 heavy (non-hydrogen) atoms. The molecule has 0 aliphatic carbocycles. The lowest BCUT2D eigenvalue weighted by Crippen LogP contribution is -2.26. The molecular formula is C10H21F3N2. The molecule has 0 atom stereocenters. The van der Waals surface area contributed by atoms with Crippen molar-refractivity contribution >= 4 is 0 Å². The maximum Gasteiger partial charge on any atom is 0.390 e. The van der Waals surface area contributed by atoms with E-state index in [0.29, 0.717) is 0 Å². The molecule has 0 bridgehead atoms. The van der Waals surface area contributed by atoms with Crippen LogP contribution >= 0.6 is 0 Å². The van der Waals surface area contributed by atoms with E-state index < -0.39 is 12.6 Å². The molecule has 0 aliphatic heterocycles. The number of hydrogen-bond acceptors (Lipinski definition) is 2. The standard InChI is InChI=1S/C10H21F3N2/c1-3-14-7-4-5-8-15(2)9-6-10(11,12)13/h14H,3-9H2,1-2H3. The van der Waals surface area contributed by atoms with Crippen LogP contribution in [0.1, 0.15) is 26.2 Å². The summed E-state index contributed by atoms with van der Waals surface area (Å²) in [5, 5.41) is 3.18. The van der Waals surface area contributed by atoms with Crippen LogP contribution in [0.5, 0.6) is 0 Å². The first-order valence-corrected chi connectivity index (χ1v) is 5.41. The van der Waals surface area contributed by atoms with E-state index in [1.807, 2.05) is 6.92 Å². The first-order valence-electron chi connectivity index (χ1n) is 5.41. The van der Waals surface area contributed by atoms with E-state index in [1.54, 1.807) is 11.9 Å². The highest BCUT2D eigenvalue weighted by Gasteiger charge is 2.26. The molecule has 0 amide bonds. The first-order chi connectivity index (χ1) is 6.95. The molecule has 2 nitrogen and oxygen atoms in total. The molecule has 0 unspecified atom stereocenters. The van der Waals surface area contributed by atoms with Crippen LogP contribution in [0.3, 0.4) is 0 Å². The van der Waals surface area contributed by atoms with Crippen molar-refractivity contribution in [2.75, 3.05) is 33.2 Å². The Morgan fingerprint density at radius 2 is 1.80 bits per heavy atom. The third-order valence-electron chi connectivity index (χ3n) is 2.17. The third-order valence-corrected chi connectivity index (χ3v) is 2.17. The normalized spacial score (nSPS) is 12.4. The lowest BCUT2D eigenvalue weighted by atomic mass is 10.3. The van der Waals surface area contributed by atoms with E-state index in [9.17, 15) is 13.2 Å². The van der Waals surface area contributed by atoms with Crippen LogP contribution in [-0.4, -0.2) is 44.3 Å². The van der Waals surface area contributed by atoms with Crippen molar-refractivity contribution in [2.45, 2.75) is 32.4 Å². The smallest absolute Gasteiger partial charge is 0.317 e. The summed E-state index contributed by atoms with van der Waals surface area (Å²) in [5.74, 6) is 0. The van der Waals surface area contributed by atoms with Crippen LogP contribution in [0.2, 0.25) is 0 Å². The molecule has 0 spiro atoms. The van der Waals surface area contributed by atoms with Gasteiger partial charge in [0.1, 0.15) is 0 Å². The van der Waals surface area contributed by atoms with E-state index in [2.05, 4.69) is 5.32 Å². The van der Waals surface area contributed by atoms with Crippen LogP contribution in [0, 0.1) is 0 Å². The lowest BCUT2D eigenvalue weighted by Gasteiger charge is -2.17. The Bertz CT molecular complexity index is 148. The molecule has 0 aromatic carbocycles. The van der Waals surface area contributed by atoms with Gasteiger partial charge in [-0.2, -0.15) is 13.2 Å². The quantitative estimate of drug-likeness (QED) is 0.639. The number of unbranched alkanes of at least 4 members (excludes halogenated alkanes) is 1. The summed E-state index contributed by atoms with van der Waals surface area (Å²) in [6.45, 7) is 4.77. The number of hydrogen-bond donors (Lipinski definition) is 1. The zero-order valence-electron chi connectivity index (χ0n) is 9.53. The first kappa shape index (κ1) is 14.7. The van der Waals surface area contributed by atoms with Crippen LogP contribution in [0.4, 0.5) is 13.2 Å². The molecule has 0 saturated heterocycles. The average Bonchev–Trinajstić information content (AvgIpc) is 2.13. The Morgan fingerprint density at radius 1 is 1.13 bits per heavy atom. The molecule has 0 aromatic rings. The van der Waals surface area contributed by atoms with Gasteiger partial charge >= 0.3 is 6.18 Å². The molecular weight excluding hydrogens is 205 g/mol. The molecule has 1 N–H and O–H groups in total. The second kappa shape index (κ2) is 7.93. The zero-order valence-corrected chi connectivity index (χ0v) is 9.53. The number of halogens is 3. The van der Waals surface area contributed by atoms with Gasteiger partial charge in [0.05, 0.1) is 6.42 Å². The summed E-state index contributed by atoms with van der Waals surface area (Å²) < 4.78 is 35.6. The number of nitrogens with zero attached hydrogens (tertiary/aromatic N) is 1. The predicted octanol–water partition coefficient (Wildman–Crippen LogP) is 2.26. The molecule has 0 fully saturated rings. The fraction of sp³-hybridized carbons (Fsp3) is 1.00. The van der Waals surface area contributed by atoms with Gasteiger partial charge in [0, 0.05) is 6.54 Å². The van der Waals surface area contributed by atoms with Crippen molar-refractivity contribution in [1.82, 2.24) is 10.2 Å². The molecule has 92 valence electrons. The molecule has 0 rings (SSSR count). The largest absolute Gasteiger partial charge is 0.390 e. The Kier molecular flexibility index (Phi) is 7.78. The van der Waals surface area contributed by atoms with Crippen molar-refractivity contribution < 1.29 is 13.2 Å². The lowest BCUT2D eigenvalue weighted by molar-refractivity contribution is -0.137. The molecule has 0 saturated carbocycles. The third kappa shape index (κ3) is 11.6. The van der Waals surface area contributed by atoms with Gasteiger partial charge in [0.25, 0.3) is 0 Å². The summed E-state index contributed by atoms with van der Waals surface area (Å²) in [6, 6.07) is 0. The second-order valence-electron chi connectivity index (χ2n) is 3.73.